The average Bonchev–Trinajstić information content (AvgIpc) is 2.80. The molecular weight excluding hydrogens is 299 g/mol. The van der Waals surface area contributed by atoms with E-state index in [2.05, 4.69) is 0 Å². The first kappa shape index (κ1) is 15.4. The van der Waals surface area contributed by atoms with E-state index in [-0.39, 0.29) is 18.9 Å². The molecule has 1 atom stereocenters. The van der Waals surface area contributed by atoms with Crippen LogP contribution in [-0.4, -0.2) is 39.1 Å². The van der Waals surface area contributed by atoms with E-state index in [1.807, 2.05) is 0 Å². The molecule has 114 valence electrons. The average molecular weight is 314 g/mol. The Balaban J connectivity index is 2.20. The molecule has 1 unspecified atom stereocenters. The largest absolute Gasteiger partial charge is 0.316 e. The van der Waals surface area contributed by atoms with Gasteiger partial charge in [-0.25, -0.2) is 0 Å². The summed E-state index contributed by atoms with van der Waals surface area (Å²) in [5.41, 5.74) is 1.12. The van der Waals surface area contributed by atoms with Gasteiger partial charge in [0.2, 0.25) is 11.8 Å². The second-order valence-electron chi connectivity index (χ2n) is 4.90. The molecule has 0 aliphatic carbocycles. The van der Waals surface area contributed by atoms with Crippen molar-refractivity contribution in [2.24, 2.45) is 0 Å². The Morgan fingerprint density at radius 1 is 1.33 bits per heavy atom. The lowest BCUT2D eigenvalue weighted by Crippen LogP contribution is -2.27. The van der Waals surface area contributed by atoms with Crippen LogP contribution in [0.1, 0.15) is 13.3 Å². The zero-order valence-electron chi connectivity index (χ0n) is 11.6. The van der Waals surface area contributed by atoms with E-state index in [4.69, 9.17) is 0 Å². The van der Waals surface area contributed by atoms with Gasteiger partial charge >= 0.3 is 10.2 Å². The summed E-state index contributed by atoms with van der Waals surface area (Å²) in [5.74, 6) is -0.572. The molecule has 0 saturated carbocycles. The number of hydrogen-bond donors (Lipinski definition) is 0. The maximum atomic E-state index is 13.0. The third-order valence-corrected chi connectivity index (χ3v) is 4.62. The zero-order valence-corrected chi connectivity index (χ0v) is 12.4. The standard InChI is InChI=1S/C13H15FN2O4S/c1-9(17)15(2)10-3-5-11(6-4-10)16-8-12(7-13(16)18)21(14,19)20/h3-6,12H,7-8H2,1-2H3. The van der Waals surface area contributed by atoms with Crippen LogP contribution in [-0.2, 0) is 19.8 Å². The topological polar surface area (TPSA) is 74.8 Å². The minimum absolute atomic E-state index is 0.136. The highest BCUT2D eigenvalue weighted by Crippen LogP contribution is 2.27. The molecule has 6 nitrogen and oxygen atoms in total. The van der Waals surface area contributed by atoms with Gasteiger partial charge in [-0.1, -0.05) is 0 Å². The lowest BCUT2D eigenvalue weighted by Gasteiger charge is -2.19. The molecule has 0 bridgehead atoms. The second kappa shape index (κ2) is 5.44. The molecule has 1 fully saturated rings. The highest BCUT2D eigenvalue weighted by molar-refractivity contribution is 7.87. The van der Waals surface area contributed by atoms with Crippen molar-refractivity contribution in [3.05, 3.63) is 24.3 Å². The first-order valence-corrected chi connectivity index (χ1v) is 7.73. The molecule has 8 heteroatoms. The summed E-state index contributed by atoms with van der Waals surface area (Å²) in [4.78, 5) is 25.7. The third-order valence-electron chi connectivity index (χ3n) is 3.51. The van der Waals surface area contributed by atoms with E-state index in [0.29, 0.717) is 11.4 Å². The van der Waals surface area contributed by atoms with Gasteiger partial charge in [0.05, 0.1) is 0 Å². The SMILES string of the molecule is CC(=O)N(C)c1ccc(N2CC(S(=O)(=O)F)CC2=O)cc1. The van der Waals surface area contributed by atoms with Crippen molar-refractivity contribution in [2.45, 2.75) is 18.6 Å². The number of amides is 2. The maximum Gasteiger partial charge on any atom is 0.307 e. The molecule has 0 radical (unpaired) electrons. The van der Waals surface area contributed by atoms with Crippen LogP contribution in [0.3, 0.4) is 0 Å². The maximum absolute atomic E-state index is 13.0. The highest BCUT2D eigenvalue weighted by Gasteiger charge is 2.39. The fourth-order valence-corrected chi connectivity index (χ4v) is 2.82. The number of hydrogen-bond acceptors (Lipinski definition) is 4. The Labute approximate surface area is 122 Å². The van der Waals surface area contributed by atoms with Crippen molar-refractivity contribution in [3.63, 3.8) is 0 Å². The Kier molecular flexibility index (Phi) is 3.99. The molecule has 0 aromatic heterocycles. The van der Waals surface area contributed by atoms with Crippen LogP contribution in [0, 0.1) is 0 Å². The first-order chi connectivity index (χ1) is 9.70. The van der Waals surface area contributed by atoms with Crippen LogP contribution >= 0.6 is 0 Å². The predicted octanol–water partition coefficient (Wildman–Crippen LogP) is 1.07. The van der Waals surface area contributed by atoms with E-state index >= 15 is 0 Å². The van der Waals surface area contributed by atoms with E-state index < -0.39 is 21.4 Å². The minimum atomic E-state index is -4.72. The van der Waals surface area contributed by atoms with Crippen molar-refractivity contribution < 1.29 is 21.9 Å². The van der Waals surface area contributed by atoms with E-state index in [9.17, 15) is 21.9 Å². The Morgan fingerprint density at radius 2 is 1.90 bits per heavy atom. The molecule has 1 aromatic carbocycles. The van der Waals surface area contributed by atoms with Crippen LogP contribution in [0.15, 0.2) is 24.3 Å². The van der Waals surface area contributed by atoms with Crippen LogP contribution in [0.4, 0.5) is 15.3 Å². The fourth-order valence-electron chi connectivity index (χ4n) is 2.15. The van der Waals surface area contributed by atoms with Gasteiger partial charge < -0.3 is 9.80 Å². The lowest BCUT2D eigenvalue weighted by atomic mass is 10.2. The summed E-state index contributed by atoms with van der Waals surface area (Å²) in [6, 6.07) is 6.47. The highest BCUT2D eigenvalue weighted by atomic mass is 32.3. The molecule has 1 saturated heterocycles. The molecule has 1 aromatic rings. The number of nitrogens with zero attached hydrogens (tertiary/aromatic N) is 2. The number of anilines is 2. The molecule has 21 heavy (non-hydrogen) atoms. The summed E-state index contributed by atoms with van der Waals surface area (Å²) in [6.07, 6.45) is -0.353. The van der Waals surface area contributed by atoms with Gasteiger partial charge in [0, 0.05) is 38.3 Å². The zero-order chi connectivity index (χ0) is 15.8. The minimum Gasteiger partial charge on any atom is -0.316 e. The van der Waals surface area contributed by atoms with Gasteiger partial charge in [0.25, 0.3) is 0 Å². The van der Waals surface area contributed by atoms with Gasteiger partial charge in [-0.2, -0.15) is 8.42 Å². The van der Waals surface area contributed by atoms with Gasteiger partial charge in [0.1, 0.15) is 5.25 Å². The number of halogens is 1. The smallest absolute Gasteiger partial charge is 0.307 e. The van der Waals surface area contributed by atoms with Gasteiger partial charge in [-0.3, -0.25) is 9.59 Å². The van der Waals surface area contributed by atoms with Crippen molar-refractivity contribution in [1.82, 2.24) is 0 Å². The van der Waals surface area contributed by atoms with Gasteiger partial charge in [-0.05, 0) is 24.3 Å². The Bertz CT molecular complexity index is 672. The lowest BCUT2D eigenvalue weighted by molar-refractivity contribution is -0.117. The number of rotatable bonds is 3. The summed E-state index contributed by atoms with van der Waals surface area (Å²) in [6.45, 7) is 1.23. The number of benzene rings is 1. The summed E-state index contributed by atoms with van der Waals surface area (Å²) >= 11 is 0. The van der Waals surface area contributed by atoms with Crippen LogP contribution in [0.5, 0.6) is 0 Å². The third kappa shape index (κ3) is 3.21. The summed E-state index contributed by atoms with van der Waals surface area (Å²) in [7, 11) is -3.11. The molecule has 2 amide bonds. The Hall–Kier alpha value is -1.96. The van der Waals surface area contributed by atoms with Crippen molar-refractivity contribution in [1.29, 1.82) is 0 Å². The van der Waals surface area contributed by atoms with Gasteiger partial charge in [0.15, 0.2) is 0 Å². The molecule has 1 aliphatic heterocycles. The van der Waals surface area contributed by atoms with E-state index in [1.165, 1.54) is 16.7 Å². The van der Waals surface area contributed by atoms with E-state index in [1.54, 1.807) is 31.3 Å². The summed E-state index contributed by atoms with van der Waals surface area (Å²) in [5, 5.41) is -1.32. The van der Waals surface area contributed by atoms with Crippen molar-refractivity contribution in [3.8, 4) is 0 Å². The van der Waals surface area contributed by atoms with Crippen LogP contribution in [0.25, 0.3) is 0 Å². The second-order valence-corrected chi connectivity index (χ2v) is 6.52. The normalized spacial score (nSPS) is 18.9. The fraction of sp³-hybridized carbons (Fsp3) is 0.385. The molecule has 0 N–H and O–H groups in total. The van der Waals surface area contributed by atoms with Crippen LogP contribution in [0.2, 0.25) is 0 Å². The summed E-state index contributed by atoms with van der Waals surface area (Å²) < 4.78 is 34.7. The quantitative estimate of drug-likeness (QED) is 0.782. The van der Waals surface area contributed by atoms with E-state index in [0.717, 1.165) is 0 Å². The molecule has 0 spiro atoms. The van der Waals surface area contributed by atoms with Crippen molar-refractivity contribution >= 4 is 33.4 Å². The predicted molar refractivity (Wildman–Crippen MR) is 76.3 cm³/mol. The molecule has 1 aliphatic rings. The first-order valence-electron chi connectivity index (χ1n) is 6.28. The Morgan fingerprint density at radius 3 is 2.33 bits per heavy atom. The van der Waals surface area contributed by atoms with Gasteiger partial charge in [-0.15, -0.1) is 3.89 Å². The van der Waals surface area contributed by atoms with Crippen molar-refractivity contribution in [2.75, 3.05) is 23.4 Å². The van der Waals surface area contributed by atoms with Crippen LogP contribution < -0.4 is 9.80 Å². The molecule has 2 rings (SSSR count). The monoisotopic (exact) mass is 314 g/mol. The molecule has 1 heterocycles. The molecular formula is C13H15FN2O4S. The number of carbonyl (C=O) groups excluding carboxylic acids is 2. The number of carbonyl (C=O) groups is 2.